The summed E-state index contributed by atoms with van der Waals surface area (Å²) in [5, 5.41) is 3.61. The van der Waals surface area contributed by atoms with E-state index in [9.17, 15) is 0 Å². The van der Waals surface area contributed by atoms with E-state index in [-0.39, 0.29) is 0 Å². The lowest BCUT2D eigenvalue weighted by atomic mass is 10.1. The number of nitrogens with one attached hydrogen (secondary N) is 1. The molecule has 0 saturated heterocycles. The Balaban J connectivity index is 1.84. The first-order valence-electron chi connectivity index (χ1n) is 5.66. The number of rotatable bonds is 6. The van der Waals surface area contributed by atoms with E-state index in [2.05, 4.69) is 18.3 Å². The van der Waals surface area contributed by atoms with Crippen LogP contribution in [-0.2, 0) is 6.42 Å². The van der Waals surface area contributed by atoms with Gasteiger partial charge < -0.3 is 9.73 Å². The minimum Gasteiger partial charge on any atom is -0.469 e. The molecule has 1 saturated carbocycles. The first-order chi connectivity index (χ1) is 6.90. The molecule has 0 aromatic carbocycles. The van der Waals surface area contributed by atoms with Crippen LogP contribution in [-0.4, -0.2) is 12.6 Å². The molecule has 1 aromatic rings. The van der Waals surface area contributed by atoms with E-state index in [1.165, 1.54) is 19.3 Å². The molecule has 1 fully saturated rings. The van der Waals surface area contributed by atoms with Gasteiger partial charge in [-0.25, -0.2) is 0 Å². The molecule has 0 amide bonds. The van der Waals surface area contributed by atoms with Gasteiger partial charge in [-0.15, -0.1) is 0 Å². The summed E-state index contributed by atoms with van der Waals surface area (Å²) in [5.41, 5.74) is 0. The van der Waals surface area contributed by atoms with Crippen molar-refractivity contribution >= 4 is 0 Å². The van der Waals surface area contributed by atoms with Crippen LogP contribution in [0.4, 0.5) is 0 Å². The molecule has 0 spiro atoms. The molecule has 1 N–H and O–H groups in total. The number of hydrogen-bond acceptors (Lipinski definition) is 2. The molecule has 2 rings (SSSR count). The van der Waals surface area contributed by atoms with E-state index in [1.54, 1.807) is 6.26 Å². The fourth-order valence-electron chi connectivity index (χ4n) is 1.88. The molecule has 1 atom stereocenters. The molecule has 14 heavy (non-hydrogen) atoms. The summed E-state index contributed by atoms with van der Waals surface area (Å²) in [6.45, 7) is 3.34. The predicted octanol–water partition coefficient (Wildman–Crippen LogP) is 2.60. The summed E-state index contributed by atoms with van der Waals surface area (Å²) in [6, 6.07) is 4.68. The van der Waals surface area contributed by atoms with Crippen molar-refractivity contribution in [2.75, 3.05) is 6.54 Å². The van der Waals surface area contributed by atoms with Crippen molar-refractivity contribution in [2.45, 2.75) is 38.6 Å². The highest BCUT2D eigenvalue weighted by Crippen LogP contribution is 2.34. The molecule has 78 valence electrons. The third-order valence-corrected chi connectivity index (χ3v) is 2.85. The van der Waals surface area contributed by atoms with Gasteiger partial charge in [0, 0.05) is 12.5 Å². The summed E-state index contributed by atoms with van der Waals surface area (Å²) in [6.07, 6.45) is 6.81. The zero-order chi connectivity index (χ0) is 9.80. The molecule has 0 aliphatic heterocycles. The summed E-state index contributed by atoms with van der Waals surface area (Å²) >= 11 is 0. The average Bonchev–Trinajstić information content (AvgIpc) is 2.92. The second-order valence-corrected chi connectivity index (χ2v) is 4.18. The Bertz CT molecular complexity index is 251. The van der Waals surface area contributed by atoms with E-state index in [4.69, 9.17) is 4.42 Å². The smallest absolute Gasteiger partial charge is 0.105 e. The second kappa shape index (κ2) is 4.65. The molecule has 1 heterocycles. The van der Waals surface area contributed by atoms with E-state index in [1.807, 2.05) is 6.07 Å². The highest BCUT2D eigenvalue weighted by molar-refractivity contribution is 5.03. The predicted molar refractivity (Wildman–Crippen MR) is 57.2 cm³/mol. The zero-order valence-electron chi connectivity index (χ0n) is 8.83. The molecule has 1 aromatic heterocycles. The zero-order valence-corrected chi connectivity index (χ0v) is 8.83. The van der Waals surface area contributed by atoms with E-state index >= 15 is 0 Å². The lowest BCUT2D eigenvalue weighted by Crippen LogP contribution is -2.33. The lowest BCUT2D eigenvalue weighted by molar-refractivity contribution is 0.412. The third-order valence-electron chi connectivity index (χ3n) is 2.85. The highest BCUT2D eigenvalue weighted by atomic mass is 16.3. The Kier molecular flexibility index (Phi) is 3.25. The fourth-order valence-corrected chi connectivity index (χ4v) is 1.88. The number of furan rings is 1. The quantitative estimate of drug-likeness (QED) is 0.751. The molecule has 0 bridgehead atoms. The summed E-state index contributed by atoms with van der Waals surface area (Å²) in [5.74, 6) is 2.01. The van der Waals surface area contributed by atoms with Crippen LogP contribution in [0, 0.1) is 5.92 Å². The van der Waals surface area contributed by atoms with E-state index in [0.29, 0.717) is 6.04 Å². The second-order valence-electron chi connectivity index (χ2n) is 4.18. The van der Waals surface area contributed by atoms with Crippen molar-refractivity contribution in [3.8, 4) is 0 Å². The van der Waals surface area contributed by atoms with Crippen molar-refractivity contribution in [3.63, 3.8) is 0 Å². The highest BCUT2D eigenvalue weighted by Gasteiger charge is 2.31. The maximum Gasteiger partial charge on any atom is 0.105 e. The largest absolute Gasteiger partial charge is 0.469 e. The van der Waals surface area contributed by atoms with Gasteiger partial charge in [-0.2, -0.15) is 0 Å². The molecule has 0 radical (unpaired) electrons. The fraction of sp³-hybridized carbons (Fsp3) is 0.667. The summed E-state index contributed by atoms with van der Waals surface area (Å²) < 4.78 is 5.38. The standard InChI is InChI=1S/C12H19NO/c1-2-7-13-12(10-5-6-10)9-11-4-3-8-14-11/h3-4,8,10,12-13H,2,5-7,9H2,1H3. The van der Waals surface area contributed by atoms with Crippen molar-refractivity contribution < 1.29 is 4.42 Å². The van der Waals surface area contributed by atoms with Gasteiger partial charge in [-0.05, 0) is 43.9 Å². The van der Waals surface area contributed by atoms with Crippen LogP contribution >= 0.6 is 0 Å². The van der Waals surface area contributed by atoms with Crippen LogP contribution < -0.4 is 5.32 Å². The maximum atomic E-state index is 5.38. The molecule has 1 unspecified atom stereocenters. The summed E-state index contributed by atoms with van der Waals surface area (Å²) in [7, 11) is 0. The van der Waals surface area contributed by atoms with E-state index < -0.39 is 0 Å². The van der Waals surface area contributed by atoms with Crippen LogP contribution in [0.3, 0.4) is 0 Å². The molecule has 1 aliphatic rings. The third kappa shape index (κ3) is 2.61. The molecular weight excluding hydrogens is 174 g/mol. The Hall–Kier alpha value is -0.760. The Morgan fingerprint density at radius 3 is 3.00 bits per heavy atom. The van der Waals surface area contributed by atoms with Crippen LogP contribution in [0.2, 0.25) is 0 Å². The minimum absolute atomic E-state index is 0.640. The van der Waals surface area contributed by atoms with Crippen LogP contribution in [0.1, 0.15) is 31.9 Å². The van der Waals surface area contributed by atoms with Gasteiger partial charge in [-0.3, -0.25) is 0 Å². The monoisotopic (exact) mass is 193 g/mol. The first-order valence-corrected chi connectivity index (χ1v) is 5.66. The molecule has 2 heteroatoms. The van der Waals surface area contributed by atoms with Gasteiger partial charge in [0.2, 0.25) is 0 Å². The maximum absolute atomic E-state index is 5.38. The Labute approximate surface area is 85.7 Å². The first kappa shape index (κ1) is 9.78. The van der Waals surface area contributed by atoms with Gasteiger partial charge in [-0.1, -0.05) is 6.92 Å². The lowest BCUT2D eigenvalue weighted by Gasteiger charge is -2.16. The van der Waals surface area contributed by atoms with Crippen molar-refractivity contribution in [1.82, 2.24) is 5.32 Å². The van der Waals surface area contributed by atoms with Crippen LogP contribution in [0.15, 0.2) is 22.8 Å². The molecular formula is C12H19NO. The van der Waals surface area contributed by atoms with Crippen LogP contribution in [0.5, 0.6) is 0 Å². The topological polar surface area (TPSA) is 25.2 Å². The summed E-state index contributed by atoms with van der Waals surface area (Å²) in [4.78, 5) is 0. The normalized spacial score (nSPS) is 18.4. The van der Waals surface area contributed by atoms with Crippen molar-refractivity contribution in [1.29, 1.82) is 0 Å². The van der Waals surface area contributed by atoms with Crippen molar-refractivity contribution in [2.24, 2.45) is 5.92 Å². The average molecular weight is 193 g/mol. The van der Waals surface area contributed by atoms with Gasteiger partial charge in [0.1, 0.15) is 5.76 Å². The minimum atomic E-state index is 0.640. The number of hydrogen-bond donors (Lipinski definition) is 1. The Morgan fingerprint density at radius 2 is 2.43 bits per heavy atom. The Morgan fingerprint density at radius 1 is 1.57 bits per heavy atom. The van der Waals surface area contributed by atoms with Gasteiger partial charge >= 0.3 is 0 Å². The van der Waals surface area contributed by atoms with Crippen LogP contribution in [0.25, 0.3) is 0 Å². The molecule has 2 nitrogen and oxygen atoms in total. The van der Waals surface area contributed by atoms with E-state index in [0.717, 1.165) is 24.6 Å². The van der Waals surface area contributed by atoms with Crippen molar-refractivity contribution in [3.05, 3.63) is 24.2 Å². The van der Waals surface area contributed by atoms with Gasteiger partial charge in [0.15, 0.2) is 0 Å². The SMILES string of the molecule is CCCNC(Cc1ccco1)C1CC1. The van der Waals surface area contributed by atoms with Gasteiger partial charge in [0.25, 0.3) is 0 Å². The molecule has 1 aliphatic carbocycles. The van der Waals surface area contributed by atoms with Gasteiger partial charge in [0.05, 0.1) is 6.26 Å².